The van der Waals surface area contributed by atoms with Gasteiger partial charge < -0.3 is 4.74 Å². The summed E-state index contributed by atoms with van der Waals surface area (Å²) in [7, 11) is 0. The lowest BCUT2D eigenvalue weighted by Gasteiger charge is -2.42. The van der Waals surface area contributed by atoms with Gasteiger partial charge in [-0.25, -0.2) is 4.79 Å². The van der Waals surface area contributed by atoms with Crippen LogP contribution in [0.5, 0.6) is 0 Å². The second-order valence-corrected chi connectivity index (χ2v) is 11.9. The fourth-order valence-corrected chi connectivity index (χ4v) is 7.23. The van der Waals surface area contributed by atoms with Crippen LogP contribution in [0.2, 0.25) is 0 Å². The number of allylic oxidation sites excluding steroid dienone is 1. The minimum atomic E-state index is -1.000. The van der Waals surface area contributed by atoms with Crippen molar-refractivity contribution >= 4 is 29.7 Å². The van der Waals surface area contributed by atoms with Crippen molar-refractivity contribution in [1.82, 2.24) is 4.90 Å². The normalized spacial score (nSPS) is 17.8. The molecule has 0 aliphatic carbocycles. The molecule has 214 valence electrons. The summed E-state index contributed by atoms with van der Waals surface area (Å²) in [5.41, 5.74) is 2.86. The van der Waals surface area contributed by atoms with E-state index in [1.807, 2.05) is 126 Å². The molecular weight excluding hydrogens is 538 g/mol. The Kier molecular flexibility index (Phi) is 9.28. The van der Waals surface area contributed by atoms with E-state index in [0.29, 0.717) is 0 Å². The highest BCUT2D eigenvalue weighted by Crippen LogP contribution is 2.50. The van der Waals surface area contributed by atoms with Crippen LogP contribution in [0, 0.1) is 5.92 Å². The molecule has 0 radical (unpaired) electrons. The van der Waals surface area contributed by atoms with Crippen molar-refractivity contribution in [1.29, 1.82) is 0 Å². The maximum atomic E-state index is 14.2. The van der Waals surface area contributed by atoms with Gasteiger partial charge in [-0.05, 0) is 29.4 Å². The number of carbonyl (C=O) groups is 2. The molecule has 4 aromatic rings. The van der Waals surface area contributed by atoms with E-state index in [4.69, 9.17) is 4.74 Å². The van der Waals surface area contributed by atoms with Gasteiger partial charge in [0, 0.05) is 23.5 Å². The van der Waals surface area contributed by atoms with E-state index in [9.17, 15) is 9.59 Å². The zero-order valence-electron chi connectivity index (χ0n) is 24.3. The first-order valence-corrected chi connectivity index (χ1v) is 15.7. The molecule has 1 aliphatic heterocycles. The van der Waals surface area contributed by atoms with E-state index in [2.05, 4.69) is 26.0 Å². The number of cyclic esters (lactones) is 1. The molecule has 4 nitrogen and oxygen atoms in total. The lowest BCUT2D eigenvalue weighted by Crippen LogP contribution is -2.52. The first kappa shape index (κ1) is 29.4. The molecule has 0 bridgehead atoms. The van der Waals surface area contributed by atoms with Crippen molar-refractivity contribution in [2.24, 2.45) is 5.92 Å². The van der Waals surface area contributed by atoms with Gasteiger partial charge >= 0.3 is 6.09 Å². The van der Waals surface area contributed by atoms with Gasteiger partial charge in [-0.1, -0.05) is 141 Å². The van der Waals surface area contributed by atoms with Crippen LogP contribution >= 0.6 is 11.8 Å². The third kappa shape index (κ3) is 5.93. The molecule has 4 aromatic carbocycles. The van der Waals surface area contributed by atoms with Crippen LogP contribution in [0.25, 0.3) is 6.08 Å². The first-order valence-electron chi connectivity index (χ1n) is 14.4. The molecule has 1 heterocycles. The fraction of sp³-hybridized carbons (Fsp3) is 0.243. The van der Waals surface area contributed by atoms with Crippen LogP contribution in [0.4, 0.5) is 4.79 Å². The summed E-state index contributed by atoms with van der Waals surface area (Å²) in [4.78, 5) is 29.6. The van der Waals surface area contributed by atoms with E-state index in [1.165, 1.54) is 0 Å². The average Bonchev–Trinajstić information content (AvgIpc) is 3.35. The Balaban J connectivity index is 1.58. The minimum absolute atomic E-state index is 0.0119. The Labute approximate surface area is 253 Å². The maximum Gasteiger partial charge on any atom is 0.412 e. The minimum Gasteiger partial charge on any atom is -0.431 e. The van der Waals surface area contributed by atoms with Crippen molar-refractivity contribution < 1.29 is 14.3 Å². The maximum absolute atomic E-state index is 14.2. The number of hydrogen-bond donors (Lipinski definition) is 0. The summed E-state index contributed by atoms with van der Waals surface area (Å²) in [6, 6.07) is 39.7. The number of nitrogens with zero attached hydrogens (tertiary/aromatic N) is 1. The topological polar surface area (TPSA) is 46.6 Å². The quantitative estimate of drug-likeness (QED) is 0.168. The number of hydrogen-bond acceptors (Lipinski definition) is 4. The number of thioether (sulfide) groups is 1. The molecule has 0 N–H and O–H groups in total. The lowest BCUT2D eigenvalue weighted by molar-refractivity contribution is -0.115. The van der Waals surface area contributed by atoms with Crippen LogP contribution in [-0.4, -0.2) is 34.4 Å². The second-order valence-electron chi connectivity index (χ2n) is 11.0. The third-order valence-corrected chi connectivity index (χ3v) is 9.02. The molecule has 0 aromatic heterocycles. The summed E-state index contributed by atoms with van der Waals surface area (Å²) >= 11 is 1.59. The molecule has 0 saturated carbocycles. The zero-order valence-corrected chi connectivity index (χ0v) is 25.1. The standard InChI is InChI=1S/C37H37NO3S/c1-27(2)34-37(30-20-12-6-13-21-30,31-22-14-7-15-23-31)41-36(40)38(34)35(42-3)33(29-18-10-5-11-19-29)26-32(39)25-24-28-16-8-4-9-17-28/h4-25,27,33-35H,26H2,1-3H3/b25-24+/t33-,34+,35+/m1/s1. The molecule has 1 aliphatic rings. The average molecular weight is 576 g/mol. The largest absolute Gasteiger partial charge is 0.431 e. The summed E-state index contributed by atoms with van der Waals surface area (Å²) in [5.74, 6) is -0.181. The molecular formula is C37H37NO3S. The van der Waals surface area contributed by atoms with E-state index in [1.54, 1.807) is 17.8 Å². The fourth-order valence-electron chi connectivity index (χ4n) is 6.20. The van der Waals surface area contributed by atoms with Crippen LogP contribution < -0.4 is 0 Å². The summed E-state index contributed by atoms with van der Waals surface area (Å²) in [5, 5.41) is -0.337. The third-order valence-electron chi connectivity index (χ3n) is 7.98. The van der Waals surface area contributed by atoms with Crippen LogP contribution in [0.1, 0.15) is 48.4 Å². The Morgan fingerprint density at radius 2 is 1.33 bits per heavy atom. The van der Waals surface area contributed by atoms with Gasteiger partial charge in [-0.2, -0.15) is 0 Å². The summed E-state index contributed by atoms with van der Waals surface area (Å²) < 4.78 is 6.56. The summed E-state index contributed by atoms with van der Waals surface area (Å²) in [6.45, 7) is 4.28. The number of rotatable bonds is 11. The van der Waals surface area contributed by atoms with Gasteiger partial charge in [0.2, 0.25) is 0 Å². The monoisotopic (exact) mass is 575 g/mol. The van der Waals surface area contributed by atoms with Crippen molar-refractivity contribution in [2.45, 2.75) is 43.2 Å². The molecule has 0 spiro atoms. The Bertz CT molecular complexity index is 1450. The molecule has 1 saturated heterocycles. The SMILES string of the molecule is CS[C@@H]([C@H](CC(=O)/C=C/c1ccccc1)c1ccccc1)N1C(=O)OC(c2ccccc2)(c2ccccc2)[C@@H]1C(C)C. The number of ketones is 1. The second kappa shape index (κ2) is 13.3. The summed E-state index contributed by atoms with van der Waals surface area (Å²) in [6.07, 6.45) is 5.42. The molecule has 1 fully saturated rings. The molecule has 5 rings (SSSR count). The number of ether oxygens (including phenoxy) is 1. The van der Waals surface area contributed by atoms with Crippen LogP contribution in [-0.2, 0) is 15.1 Å². The van der Waals surface area contributed by atoms with E-state index >= 15 is 0 Å². The molecule has 0 unspecified atom stereocenters. The molecule has 3 atom stereocenters. The highest BCUT2D eigenvalue weighted by molar-refractivity contribution is 7.99. The van der Waals surface area contributed by atoms with Crippen molar-refractivity contribution in [3.8, 4) is 0 Å². The number of benzene rings is 4. The number of amides is 1. The predicted octanol–water partition coefficient (Wildman–Crippen LogP) is 8.55. The van der Waals surface area contributed by atoms with Gasteiger partial charge in [0.05, 0.1) is 11.4 Å². The van der Waals surface area contributed by atoms with Crippen molar-refractivity contribution in [3.63, 3.8) is 0 Å². The van der Waals surface area contributed by atoms with Crippen molar-refractivity contribution in [3.05, 3.63) is 150 Å². The van der Waals surface area contributed by atoms with Gasteiger partial charge in [0.25, 0.3) is 0 Å². The van der Waals surface area contributed by atoms with E-state index in [0.717, 1.165) is 22.3 Å². The van der Waals surface area contributed by atoms with Gasteiger partial charge in [-0.3, -0.25) is 9.69 Å². The lowest BCUT2D eigenvalue weighted by atomic mass is 9.75. The van der Waals surface area contributed by atoms with Crippen LogP contribution in [0.3, 0.4) is 0 Å². The Morgan fingerprint density at radius 1 is 0.833 bits per heavy atom. The van der Waals surface area contributed by atoms with E-state index < -0.39 is 5.60 Å². The molecule has 42 heavy (non-hydrogen) atoms. The highest BCUT2D eigenvalue weighted by atomic mass is 32.2. The van der Waals surface area contributed by atoms with E-state index in [-0.39, 0.29) is 41.5 Å². The van der Waals surface area contributed by atoms with Gasteiger partial charge in [0.15, 0.2) is 11.4 Å². The molecule has 1 amide bonds. The Morgan fingerprint density at radius 3 is 1.83 bits per heavy atom. The highest BCUT2D eigenvalue weighted by Gasteiger charge is 2.59. The predicted molar refractivity (Wildman–Crippen MR) is 172 cm³/mol. The number of carbonyl (C=O) groups excluding carboxylic acids is 2. The van der Waals surface area contributed by atoms with Crippen LogP contribution in [0.15, 0.2) is 127 Å². The first-order chi connectivity index (χ1) is 20.5. The smallest absolute Gasteiger partial charge is 0.412 e. The van der Waals surface area contributed by atoms with Gasteiger partial charge in [-0.15, -0.1) is 11.8 Å². The van der Waals surface area contributed by atoms with Crippen molar-refractivity contribution in [2.75, 3.05) is 6.26 Å². The Hall–Kier alpha value is -4.09. The molecule has 5 heteroatoms. The zero-order chi connectivity index (χ0) is 29.5. The van der Waals surface area contributed by atoms with Gasteiger partial charge in [0.1, 0.15) is 0 Å².